The molecule has 0 aromatic heterocycles. The van der Waals surface area contributed by atoms with Gasteiger partial charge in [0.25, 0.3) is 0 Å². The van der Waals surface area contributed by atoms with E-state index < -0.39 is 0 Å². The Balaban J connectivity index is 2.60. The van der Waals surface area contributed by atoms with Crippen LogP contribution in [0.5, 0.6) is 0 Å². The van der Waals surface area contributed by atoms with E-state index in [1.807, 2.05) is 12.1 Å². The fourth-order valence-corrected chi connectivity index (χ4v) is 1.92. The fourth-order valence-electron chi connectivity index (χ4n) is 1.92. The highest BCUT2D eigenvalue weighted by Crippen LogP contribution is 2.20. The molecule has 1 atom stereocenters. The van der Waals surface area contributed by atoms with E-state index in [9.17, 15) is 4.39 Å². The first-order chi connectivity index (χ1) is 9.15. The molecule has 1 rings (SSSR count). The maximum Gasteiger partial charge on any atom is 0.129 e. The van der Waals surface area contributed by atoms with Crippen molar-refractivity contribution in [2.45, 2.75) is 52.2 Å². The van der Waals surface area contributed by atoms with E-state index in [1.165, 1.54) is 6.07 Å². The third-order valence-corrected chi connectivity index (χ3v) is 3.03. The first-order valence-corrected chi connectivity index (χ1v) is 7.24. The Bertz CT molecular complexity index is 354. The van der Waals surface area contributed by atoms with Gasteiger partial charge in [-0.2, -0.15) is 0 Å². The standard InChI is InChI=1S/C16H26FNO/c1-4-5-8-11-19-16(12-18-13(2)3)14-9-6-7-10-15(14)17/h6-7,9-10,13,16,18H,4-5,8,11-12H2,1-3H3. The van der Waals surface area contributed by atoms with Gasteiger partial charge in [-0.15, -0.1) is 0 Å². The number of nitrogens with one attached hydrogen (secondary N) is 1. The molecule has 0 saturated heterocycles. The minimum absolute atomic E-state index is 0.187. The van der Waals surface area contributed by atoms with Crippen LogP contribution in [0.4, 0.5) is 4.39 Å². The van der Waals surface area contributed by atoms with Gasteiger partial charge in [0.05, 0.1) is 6.10 Å². The van der Waals surface area contributed by atoms with Gasteiger partial charge >= 0.3 is 0 Å². The number of hydrogen-bond acceptors (Lipinski definition) is 2. The van der Waals surface area contributed by atoms with Crippen molar-refractivity contribution in [3.05, 3.63) is 35.6 Å². The van der Waals surface area contributed by atoms with Gasteiger partial charge < -0.3 is 10.1 Å². The van der Waals surface area contributed by atoms with E-state index in [0.29, 0.717) is 24.8 Å². The normalized spacial score (nSPS) is 12.9. The zero-order chi connectivity index (χ0) is 14.1. The summed E-state index contributed by atoms with van der Waals surface area (Å²) < 4.78 is 19.7. The molecule has 0 aliphatic heterocycles. The lowest BCUT2D eigenvalue weighted by atomic mass is 10.1. The average Bonchev–Trinajstić information content (AvgIpc) is 2.39. The van der Waals surface area contributed by atoms with E-state index in [0.717, 1.165) is 19.3 Å². The summed E-state index contributed by atoms with van der Waals surface area (Å²) in [4.78, 5) is 0. The molecule has 0 aliphatic rings. The van der Waals surface area contributed by atoms with Crippen molar-refractivity contribution in [3.63, 3.8) is 0 Å². The topological polar surface area (TPSA) is 21.3 Å². The maximum atomic E-state index is 13.8. The van der Waals surface area contributed by atoms with Crippen LogP contribution in [-0.4, -0.2) is 19.2 Å². The Kier molecular flexibility index (Phi) is 7.68. The molecule has 0 heterocycles. The van der Waals surface area contributed by atoms with Crippen LogP contribution in [0, 0.1) is 5.82 Å². The Morgan fingerprint density at radius 3 is 2.58 bits per heavy atom. The number of rotatable bonds is 9. The Hall–Kier alpha value is -0.930. The van der Waals surface area contributed by atoms with Crippen molar-refractivity contribution < 1.29 is 9.13 Å². The average molecular weight is 267 g/mol. The molecule has 1 N–H and O–H groups in total. The minimum Gasteiger partial charge on any atom is -0.372 e. The molecule has 19 heavy (non-hydrogen) atoms. The van der Waals surface area contributed by atoms with E-state index in [-0.39, 0.29) is 11.9 Å². The summed E-state index contributed by atoms with van der Waals surface area (Å²) >= 11 is 0. The SMILES string of the molecule is CCCCCOC(CNC(C)C)c1ccccc1F. The van der Waals surface area contributed by atoms with Gasteiger partial charge in [0, 0.05) is 24.8 Å². The largest absolute Gasteiger partial charge is 0.372 e. The predicted molar refractivity (Wildman–Crippen MR) is 77.8 cm³/mol. The van der Waals surface area contributed by atoms with Gasteiger partial charge in [-0.25, -0.2) is 4.39 Å². The lowest BCUT2D eigenvalue weighted by Crippen LogP contribution is -2.29. The van der Waals surface area contributed by atoms with E-state index >= 15 is 0 Å². The summed E-state index contributed by atoms with van der Waals surface area (Å²) in [6.07, 6.45) is 3.14. The molecule has 0 aliphatic carbocycles. The van der Waals surface area contributed by atoms with Crippen molar-refractivity contribution in [3.8, 4) is 0 Å². The van der Waals surface area contributed by atoms with Gasteiger partial charge in [-0.05, 0) is 12.5 Å². The first-order valence-electron chi connectivity index (χ1n) is 7.24. The summed E-state index contributed by atoms with van der Waals surface area (Å²) in [5, 5.41) is 3.32. The highest BCUT2D eigenvalue weighted by Gasteiger charge is 2.16. The van der Waals surface area contributed by atoms with Gasteiger partial charge in [0.15, 0.2) is 0 Å². The van der Waals surface area contributed by atoms with E-state index in [4.69, 9.17) is 4.74 Å². The second kappa shape index (κ2) is 9.05. The zero-order valence-electron chi connectivity index (χ0n) is 12.3. The van der Waals surface area contributed by atoms with Crippen molar-refractivity contribution >= 4 is 0 Å². The molecular weight excluding hydrogens is 241 g/mol. The predicted octanol–water partition coefficient (Wildman–Crippen LogP) is 4.07. The quantitative estimate of drug-likeness (QED) is 0.681. The molecule has 1 unspecified atom stereocenters. The van der Waals surface area contributed by atoms with E-state index in [2.05, 4.69) is 26.1 Å². The molecule has 2 nitrogen and oxygen atoms in total. The number of hydrogen-bond donors (Lipinski definition) is 1. The highest BCUT2D eigenvalue weighted by atomic mass is 19.1. The van der Waals surface area contributed by atoms with Crippen LogP contribution in [0.3, 0.4) is 0 Å². The monoisotopic (exact) mass is 267 g/mol. The number of halogens is 1. The molecule has 0 fully saturated rings. The van der Waals surface area contributed by atoms with Gasteiger partial charge in [-0.1, -0.05) is 51.8 Å². The lowest BCUT2D eigenvalue weighted by Gasteiger charge is -2.21. The van der Waals surface area contributed by atoms with Gasteiger partial charge in [0.2, 0.25) is 0 Å². The Morgan fingerprint density at radius 2 is 1.95 bits per heavy atom. The molecule has 108 valence electrons. The van der Waals surface area contributed by atoms with Crippen LogP contribution in [0.25, 0.3) is 0 Å². The Labute approximate surface area is 116 Å². The van der Waals surface area contributed by atoms with Crippen LogP contribution in [-0.2, 0) is 4.74 Å². The van der Waals surface area contributed by atoms with Crippen molar-refractivity contribution in [2.24, 2.45) is 0 Å². The maximum absolute atomic E-state index is 13.8. The number of benzene rings is 1. The smallest absolute Gasteiger partial charge is 0.129 e. The number of ether oxygens (including phenoxy) is 1. The van der Waals surface area contributed by atoms with Crippen LogP contribution in [0.2, 0.25) is 0 Å². The third-order valence-electron chi connectivity index (χ3n) is 3.03. The lowest BCUT2D eigenvalue weighted by molar-refractivity contribution is 0.0464. The second-order valence-electron chi connectivity index (χ2n) is 5.15. The molecule has 0 spiro atoms. The summed E-state index contributed by atoms with van der Waals surface area (Å²) in [6.45, 7) is 7.65. The Morgan fingerprint density at radius 1 is 1.21 bits per heavy atom. The summed E-state index contributed by atoms with van der Waals surface area (Å²) in [5.41, 5.74) is 0.646. The third kappa shape index (κ3) is 6.17. The van der Waals surface area contributed by atoms with Crippen molar-refractivity contribution in [2.75, 3.05) is 13.2 Å². The van der Waals surface area contributed by atoms with E-state index in [1.54, 1.807) is 6.07 Å². The molecule has 1 aromatic carbocycles. The van der Waals surface area contributed by atoms with Gasteiger partial charge in [0.1, 0.15) is 5.82 Å². The molecule has 0 amide bonds. The molecule has 1 aromatic rings. The molecule has 0 radical (unpaired) electrons. The van der Waals surface area contributed by atoms with Crippen LogP contribution >= 0.6 is 0 Å². The van der Waals surface area contributed by atoms with Crippen LogP contribution in [0.1, 0.15) is 51.7 Å². The van der Waals surface area contributed by atoms with Crippen LogP contribution < -0.4 is 5.32 Å². The minimum atomic E-state index is -0.208. The molecule has 3 heteroatoms. The first kappa shape index (κ1) is 16.1. The van der Waals surface area contributed by atoms with Crippen LogP contribution in [0.15, 0.2) is 24.3 Å². The molecular formula is C16H26FNO. The molecule has 0 bridgehead atoms. The highest BCUT2D eigenvalue weighted by molar-refractivity contribution is 5.20. The zero-order valence-corrected chi connectivity index (χ0v) is 12.3. The number of unbranched alkanes of at least 4 members (excludes halogenated alkanes) is 2. The second-order valence-corrected chi connectivity index (χ2v) is 5.15. The van der Waals surface area contributed by atoms with Gasteiger partial charge in [-0.3, -0.25) is 0 Å². The summed E-state index contributed by atoms with van der Waals surface area (Å²) in [5.74, 6) is -0.187. The summed E-state index contributed by atoms with van der Waals surface area (Å²) in [6, 6.07) is 7.24. The van der Waals surface area contributed by atoms with Crippen molar-refractivity contribution in [1.82, 2.24) is 5.32 Å². The molecule has 0 saturated carbocycles. The summed E-state index contributed by atoms with van der Waals surface area (Å²) in [7, 11) is 0. The van der Waals surface area contributed by atoms with Crippen molar-refractivity contribution in [1.29, 1.82) is 0 Å². The fraction of sp³-hybridized carbons (Fsp3) is 0.625.